The lowest BCUT2D eigenvalue weighted by Gasteiger charge is -2.24. The minimum atomic E-state index is -0.722. The first kappa shape index (κ1) is 31.6. The van der Waals surface area contributed by atoms with Crippen LogP contribution in [0.2, 0.25) is 15.1 Å². The topological polar surface area (TPSA) is 79.1 Å². The summed E-state index contributed by atoms with van der Waals surface area (Å²) < 4.78 is 19.8. The number of esters is 1. The van der Waals surface area contributed by atoms with Crippen molar-refractivity contribution in [3.63, 3.8) is 0 Å². The summed E-state index contributed by atoms with van der Waals surface area (Å²) in [7, 11) is 1.55. The number of thiazole rings is 1. The van der Waals surface area contributed by atoms with Gasteiger partial charge in [0.15, 0.2) is 16.3 Å². The lowest BCUT2D eigenvalue weighted by molar-refractivity contribution is -0.139. The van der Waals surface area contributed by atoms with Crippen LogP contribution in [0.25, 0.3) is 6.08 Å². The Kier molecular flexibility index (Phi) is 9.87. The van der Waals surface area contributed by atoms with Gasteiger partial charge in [0, 0.05) is 20.6 Å². The molecule has 43 heavy (non-hydrogen) atoms. The average Bonchev–Trinajstić information content (AvgIpc) is 3.26. The summed E-state index contributed by atoms with van der Waals surface area (Å²) >= 11 is 21.9. The molecule has 0 fully saturated rings. The minimum absolute atomic E-state index is 0.195. The summed E-state index contributed by atoms with van der Waals surface area (Å²) in [6, 6.07) is 15.2. The van der Waals surface area contributed by atoms with E-state index in [4.69, 9.17) is 49.0 Å². The van der Waals surface area contributed by atoms with Gasteiger partial charge in [-0.1, -0.05) is 64.3 Å². The molecule has 4 aromatic rings. The van der Waals surface area contributed by atoms with Crippen LogP contribution in [0.3, 0.4) is 0 Å². The molecule has 7 nitrogen and oxygen atoms in total. The van der Waals surface area contributed by atoms with Crippen molar-refractivity contribution in [2.24, 2.45) is 4.99 Å². The van der Waals surface area contributed by atoms with Gasteiger partial charge in [-0.25, -0.2) is 9.79 Å². The summed E-state index contributed by atoms with van der Waals surface area (Å²) in [5.74, 6) is 0.522. The molecule has 0 aliphatic carbocycles. The van der Waals surface area contributed by atoms with Gasteiger partial charge in [0.25, 0.3) is 5.56 Å². The number of ether oxygens (including phenoxy) is 3. The first-order chi connectivity index (χ1) is 20.6. The Morgan fingerprint density at radius 2 is 1.81 bits per heavy atom. The molecule has 1 aliphatic rings. The largest absolute Gasteiger partial charge is 0.493 e. The SMILES string of the molecule is CCOC(=O)C1=C(C)N=c2s/c(=C/c3cc(I)c(OCc4ccc(Cl)cc4Cl)c(OC)c3)c(=O)n2[C@H]1c1ccc(Cl)cc1. The van der Waals surface area contributed by atoms with E-state index < -0.39 is 12.0 Å². The summed E-state index contributed by atoms with van der Waals surface area (Å²) in [6.07, 6.45) is 1.77. The maximum atomic E-state index is 13.9. The fourth-order valence-electron chi connectivity index (χ4n) is 4.66. The van der Waals surface area contributed by atoms with Crippen molar-refractivity contribution in [3.8, 4) is 11.5 Å². The van der Waals surface area contributed by atoms with Crippen LogP contribution in [0.15, 0.2) is 75.7 Å². The molecule has 3 aromatic carbocycles. The van der Waals surface area contributed by atoms with E-state index >= 15 is 0 Å². The van der Waals surface area contributed by atoms with Gasteiger partial charge in [-0.2, -0.15) is 0 Å². The van der Waals surface area contributed by atoms with E-state index in [1.54, 1.807) is 69.5 Å². The maximum absolute atomic E-state index is 13.9. The number of allylic oxidation sites excluding steroid dienone is 1. The lowest BCUT2D eigenvalue weighted by Crippen LogP contribution is -2.39. The summed E-state index contributed by atoms with van der Waals surface area (Å²) in [5, 5.41) is 1.59. The molecule has 0 bridgehead atoms. The highest BCUT2D eigenvalue weighted by atomic mass is 127. The Labute approximate surface area is 280 Å². The summed E-state index contributed by atoms with van der Waals surface area (Å²) in [4.78, 5) is 32.1. The number of nitrogens with zero attached hydrogens (tertiary/aromatic N) is 2. The highest BCUT2D eigenvalue weighted by Gasteiger charge is 2.33. The van der Waals surface area contributed by atoms with Crippen LogP contribution in [0.1, 0.15) is 36.6 Å². The lowest BCUT2D eigenvalue weighted by atomic mass is 9.96. The zero-order valence-electron chi connectivity index (χ0n) is 23.1. The van der Waals surface area contributed by atoms with Crippen molar-refractivity contribution in [1.29, 1.82) is 0 Å². The second kappa shape index (κ2) is 13.4. The number of aromatic nitrogens is 1. The average molecular weight is 770 g/mol. The zero-order chi connectivity index (χ0) is 30.8. The Balaban J connectivity index is 1.56. The van der Waals surface area contributed by atoms with Crippen LogP contribution in [-0.2, 0) is 16.1 Å². The second-order valence-electron chi connectivity index (χ2n) is 9.41. The smallest absolute Gasteiger partial charge is 0.338 e. The molecule has 0 unspecified atom stereocenters. The van der Waals surface area contributed by atoms with E-state index in [-0.39, 0.29) is 18.8 Å². The molecule has 0 saturated heterocycles. The Morgan fingerprint density at radius 1 is 1.09 bits per heavy atom. The van der Waals surface area contributed by atoms with E-state index in [1.807, 2.05) is 12.1 Å². The van der Waals surface area contributed by atoms with Crippen molar-refractivity contribution >= 4 is 80.8 Å². The van der Waals surface area contributed by atoms with E-state index in [0.29, 0.717) is 52.7 Å². The molecule has 1 aliphatic heterocycles. The van der Waals surface area contributed by atoms with Crippen LogP contribution in [0, 0.1) is 3.57 Å². The van der Waals surface area contributed by atoms with Gasteiger partial charge in [-0.3, -0.25) is 9.36 Å². The highest BCUT2D eigenvalue weighted by molar-refractivity contribution is 14.1. The number of benzene rings is 3. The molecule has 0 N–H and O–H groups in total. The van der Waals surface area contributed by atoms with Crippen molar-refractivity contribution < 1.29 is 19.0 Å². The van der Waals surface area contributed by atoms with Crippen LogP contribution >= 0.6 is 68.7 Å². The number of carbonyl (C=O) groups is 1. The highest BCUT2D eigenvalue weighted by Crippen LogP contribution is 2.36. The number of carbonyl (C=O) groups excluding carboxylic acids is 1. The normalized spacial score (nSPS) is 14.8. The molecule has 5 rings (SSSR count). The number of fused-ring (bicyclic) bond motifs is 1. The minimum Gasteiger partial charge on any atom is -0.493 e. The van der Waals surface area contributed by atoms with E-state index in [9.17, 15) is 9.59 Å². The number of hydrogen-bond donors (Lipinski definition) is 0. The van der Waals surface area contributed by atoms with Gasteiger partial charge in [0.1, 0.15) is 6.61 Å². The fraction of sp³-hybridized carbons (Fsp3) is 0.194. The monoisotopic (exact) mass is 768 g/mol. The number of halogens is 4. The van der Waals surface area contributed by atoms with Crippen molar-refractivity contribution in [2.45, 2.75) is 26.5 Å². The Morgan fingerprint density at radius 3 is 2.49 bits per heavy atom. The molecule has 0 saturated carbocycles. The molecule has 2 heterocycles. The quantitative estimate of drug-likeness (QED) is 0.143. The summed E-state index contributed by atoms with van der Waals surface area (Å²) in [6.45, 7) is 3.89. The van der Waals surface area contributed by atoms with Gasteiger partial charge in [-0.05, 0) is 90.0 Å². The van der Waals surface area contributed by atoms with Crippen molar-refractivity contribution in [2.75, 3.05) is 13.7 Å². The Hall–Kier alpha value is -2.83. The van der Waals surface area contributed by atoms with Gasteiger partial charge >= 0.3 is 5.97 Å². The third-order valence-corrected chi connectivity index (χ3v) is 9.26. The molecule has 0 radical (unpaired) electrons. The molecule has 0 amide bonds. The molecule has 1 aromatic heterocycles. The third kappa shape index (κ3) is 6.66. The first-order valence-corrected chi connectivity index (χ1v) is 16.0. The fourth-order valence-corrected chi connectivity index (χ4v) is 7.07. The first-order valence-electron chi connectivity index (χ1n) is 13.0. The van der Waals surface area contributed by atoms with Crippen LogP contribution in [-0.4, -0.2) is 24.3 Å². The molecule has 222 valence electrons. The van der Waals surface area contributed by atoms with Crippen LogP contribution < -0.4 is 24.4 Å². The van der Waals surface area contributed by atoms with Gasteiger partial charge < -0.3 is 14.2 Å². The van der Waals surface area contributed by atoms with Crippen molar-refractivity contribution in [1.82, 2.24) is 4.57 Å². The number of hydrogen-bond acceptors (Lipinski definition) is 7. The zero-order valence-corrected chi connectivity index (χ0v) is 28.4. The molecule has 12 heteroatoms. The van der Waals surface area contributed by atoms with E-state index in [2.05, 4.69) is 27.6 Å². The molecule has 1 atom stereocenters. The van der Waals surface area contributed by atoms with Crippen molar-refractivity contribution in [3.05, 3.63) is 121 Å². The Bertz CT molecular complexity index is 1940. The van der Waals surface area contributed by atoms with Crippen LogP contribution in [0.5, 0.6) is 11.5 Å². The predicted molar refractivity (Wildman–Crippen MR) is 178 cm³/mol. The van der Waals surface area contributed by atoms with E-state index in [1.165, 1.54) is 15.9 Å². The van der Waals surface area contributed by atoms with Gasteiger partial charge in [-0.15, -0.1) is 0 Å². The summed E-state index contributed by atoms with van der Waals surface area (Å²) in [5.41, 5.74) is 2.73. The molecule has 0 spiro atoms. The third-order valence-electron chi connectivity index (χ3n) is 6.64. The predicted octanol–water partition coefficient (Wildman–Crippen LogP) is 6.95. The molecular weight excluding hydrogens is 746 g/mol. The number of methoxy groups -OCH3 is 1. The van der Waals surface area contributed by atoms with Gasteiger partial charge in [0.2, 0.25) is 0 Å². The maximum Gasteiger partial charge on any atom is 0.338 e. The molecular formula is C31H24Cl3IN2O5S. The number of rotatable bonds is 8. The standard InChI is InChI=1S/C31H24Cl3IN2O5S/c1-4-41-30(39)26-16(2)36-31-37(27(26)18-5-8-20(32)9-6-18)29(38)25(43-31)13-17-11-23(35)28(24(12-17)40-3)42-15-19-7-10-21(33)14-22(19)34/h5-14,27H,4,15H2,1-3H3/b25-13+/t27-/m0/s1. The second-order valence-corrected chi connectivity index (χ2v) is 12.9. The van der Waals surface area contributed by atoms with Gasteiger partial charge in [0.05, 0.1) is 39.1 Å². The van der Waals surface area contributed by atoms with Crippen LogP contribution in [0.4, 0.5) is 0 Å². The van der Waals surface area contributed by atoms with E-state index in [0.717, 1.165) is 14.7 Å².